The van der Waals surface area contributed by atoms with Gasteiger partial charge in [0.15, 0.2) is 5.78 Å². The summed E-state index contributed by atoms with van der Waals surface area (Å²) in [5.74, 6) is 0.340. The lowest BCUT2D eigenvalue weighted by molar-refractivity contribution is -0.122. The van der Waals surface area contributed by atoms with Crippen molar-refractivity contribution in [3.05, 3.63) is 64.4 Å². The van der Waals surface area contributed by atoms with Gasteiger partial charge in [-0.1, -0.05) is 63.6 Å². The minimum Gasteiger partial charge on any atom is -0.511 e. The molecular weight excluding hydrogens is 368 g/mol. The smallest absolute Gasteiger partial charge is 0.170 e. The number of rotatable bonds is 3. The van der Waals surface area contributed by atoms with Crippen LogP contribution >= 0.6 is 11.6 Å². The van der Waals surface area contributed by atoms with E-state index in [9.17, 15) is 9.90 Å². The molecule has 146 valence electrons. The molecule has 2 aliphatic carbocycles. The molecule has 4 rings (SSSR count). The van der Waals surface area contributed by atoms with Gasteiger partial charge in [-0.25, -0.2) is 0 Å². The van der Waals surface area contributed by atoms with Crippen molar-refractivity contribution >= 4 is 23.0 Å². The monoisotopic (exact) mass is 394 g/mol. The molecular formula is C25H27ClO2. The van der Waals surface area contributed by atoms with Crippen LogP contribution in [0.25, 0.3) is 16.7 Å². The zero-order valence-corrected chi connectivity index (χ0v) is 17.7. The van der Waals surface area contributed by atoms with Crippen molar-refractivity contribution in [2.45, 2.75) is 47.0 Å². The number of aliphatic hydroxyl groups is 1. The Morgan fingerprint density at radius 2 is 1.71 bits per heavy atom. The van der Waals surface area contributed by atoms with E-state index in [-0.39, 0.29) is 28.3 Å². The molecule has 2 unspecified atom stereocenters. The van der Waals surface area contributed by atoms with Crippen molar-refractivity contribution in [3.8, 4) is 11.1 Å². The zero-order chi connectivity index (χ0) is 20.3. The second kappa shape index (κ2) is 6.49. The van der Waals surface area contributed by atoms with Gasteiger partial charge in [-0.2, -0.15) is 0 Å². The molecule has 2 aromatic carbocycles. The van der Waals surface area contributed by atoms with Crippen molar-refractivity contribution in [1.29, 1.82) is 0 Å². The maximum absolute atomic E-state index is 13.5. The third-order valence-corrected chi connectivity index (χ3v) is 7.74. The topological polar surface area (TPSA) is 37.3 Å². The Morgan fingerprint density at radius 1 is 1.07 bits per heavy atom. The Hall–Kier alpha value is -2.06. The third kappa shape index (κ3) is 2.58. The largest absolute Gasteiger partial charge is 0.511 e. The fourth-order valence-electron chi connectivity index (χ4n) is 5.15. The van der Waals surface area contributed by atoms with E-state index < -0.39 is 0 Å². The lowest BCUT2D eigenvalue weighted by atomic mass is 9.58. The summed E-state index contributed by atoms with van der Waals surface area (Å²) in [7, 11) is 0. The van der Waals surface area contributed by atoms with E-state index in [1.807, 2.05) is 24.3 Å². The molecule has 0 saturated heterocycles. The number of carbonyl (C=O) groups is 1. The highest BCUT2D eigenvalue weighted by atomic mass is 35.5. The highest BCUT2D eigenvalue weighted by Crippen LogP contribution is 2.64. The van der Waals surface area contributed by atoms with Crippen LogP contribution in [0.5, 0.6) is 0 Å². The minimum atomic E-state index is -0.359. The summed E-state index contributed by atoms with van der Waals surface area (Å²) in [6.45, 7) is 8.45. The van der Waals surface area contributed by atoms with Crippen molar-refractivity contribution in [1.82, 2.24) is 0 Å². The van der Waals surface area contributed by atoms with Crippen LogP contribution in [-0.4, -0.2) is 10.9 Å². The molecule has 0 aliphatic heterocycles. The molecule has 2 aromatic rings. The van der Waals surface area contributed by atoms with Crippen LogP contribution in [-0.2, 0) is 11.2 Å². The van der Waals surface area contributed by atoms with Crippen molar-refractivity contribution < 1.29 is 9.90 Å². The first-order valence-corrected chi connectivity index (χ1v) is 10.5. The number of carbonyl (C=O) groups excluding carboxylic acids is 1. The Bertz CT molecular complexity index is 984. The molecule has 0 heterocycles. The van der Waals surface area contributed by atoms with Crippen LogP contribution in [0.3, 0.4) is 0 Å². The van der Waals surface area contributed by atoms with Gasteiger partial charge in [-0.05, 0) is 65.1 Å². The predicted molar refractivity (Wildman–Crippen MR) is 115 cm³/mol. The summed E-state index contributed by atoms with van der Waals surface area (Å²) >= 11 is 6.03. The summed E-state index contributed by atoms with van der Waals surface area (Å²) < 4.78 is 0. The molecule has 1 saturated carbocycles. The number of aliphatic hydroxyl groups excluding tert-OH is 1. The SMILES string of the molecule is CCc1ccc(-c2ccc(Cl)cc2)cc1C1=C(O)C2(C)CCC(C1=O)C2(C)C. The number of hydrogen-bond donors (Lipinski definition) is 1. The number of aryl methyl sites for hydroxylation is 1. The first-order chi connectivity index (χ1) is 13.2. The van der Waals surface area contributed by atoms with Crippen molar-refractivity contribution in [3.63, 3.8) is 0 Å². The summed E-state index contributed by atoms with van der Waals surface area (Å²) in [4.78, 5) is 13.5. The van der Waals surface area contributed by atoms with Crippen LogP contribution in [0, 0.1) is 16.7 Å². The summed E-state index contributed by atoms with van der Waals surface area (Å²) in [6, 6.07) is 13.9. The van der Waals surface area contributed by atoms with Gasteiger partial charge in [0.2, 0.25) is 0 Å². The van der Waals surface area contributed by atoms with E-state index >= 15 is 0 Å². The van der Waals surface area contributed by atoms with Gasteiger partial charge in [0, 0.05) is 16.4 Å². The fraction of sp³-hybridized carbons (Fsp3) is 0.400. The third-order valence-electron chi connectivity index (χ3n) is 7.49. The summed E-state index contributed by atoms with van der Waals surface area (Å²) in [6.07, 6.45) is 2.50. The normalized spacial score (nSPS) is 26.0. The second-order valence-corrected chi connectivity index (χ2v) is 9.40. The predicted octanol–water partition coefficient (Wildman–Crippen LogP) is 6.86. The first kappa shape index (κ1) is 19.3. The van der Waals surface area contributed by atoms with Crippen LogP contribution in [0.4, 0.5) is 0 Å². The molecule has 0 spiro atoms. The molecule has 2 atom stereocenters. The Labute approximate surface area is 172 Å². The molecule has 0 radical (unpaired) electrons. The van der Waals surface area contributed by atoms with Gasteiger partial charge in [0.1, 0.15) is 5.76 Å². The molecule has 1 N–H and O–H groups in total. The minimum absolute atomic E-state index is 0.0349. The molecule has 3 heteroatoms. The number of allylic oxidation sites excluding steroid dienone is 2. The van der Waals surface area contributed by atoms with Crippen LogP contribution in [0.2, 0.25) is 5.02 Å². The Morgan fingerprint density at radius 3 is 2.36 bits per heavy atom. The average molecular weight is 395 g/mol. The van der Waals surface area contributed by atoms with E-state index in [0.717, 1.165) is 41.5 Å². The molecule has 28 heavy (non-hydrogen) atoms. The molecule has 0 aromatic heterocycles. The first-order valence-electron chi connectivity index (χ1n) is 10.1. The van der Waals surface area contributed by atoms with Gasteiger partial charge < -0.3 is 5.11 Å². The molecule has 2 bridgehead atoms. The highest BCUT2D eigenvalue weighted by molar-refractivity contribution is 6.30. The van der Waals surface area contributed by atoms with E-state index in [1.54, 1.807) is 0 Å². The number of fused-ring (bicyclic) bond motifs is 2. The maximum Gasteiger partial charge on any atom is 0.170 e. The average Bonchev–Trinajstić information content (AvgIpc) is 2.85. The van der Waals surface area contributed by atoms with Crippen molar-refractivity contribution in [2.24, 2.45) is 16.7 Å². The van der Waals surface area contributed by atoms with Gasteiger partial charge in [-0.15, -0.1) is 0 Å². The van der Waals surface area contributed by atoms with Gasteiger partial charge >= 0.3 is 0 Å². The summed E-state index contributed by atoms with van der Waals surface area (Å²) in [5, 5.41) is 12.0. The molecule has 2 aliphatic rings. The molecule has 0 amide bonds. The van der Waals surface area contributed by atoms with Crippen LogP contribution in [0.15, 0.2) is 48.2 Å². The van der Waals surface area contributed by atoms with Gasteiger partial charge in [0.25, 0.3) is 0 Å². The van der Waals surface area contributed by atoms with E-state index in [0.29, 0.717) is 10.6 Å². The number of hydrogen-bond acceptors (Lipinski definition) is 2. The fourth-order valence-corrected chi connectivity index (χ4v) is 5.28. The number of Topliss-reactive ketones (excluding diaryl/α,β-unsaturated/α-hetero) is 1. The van der Waals surface area contributed by atoms with Crippen LogP contribution in [0.1, 0.15) is 51.7 Å². The lowest BCUT2D eigenvalue weighted by Gasteiger charge is -2.45. The molecule has 1 fully saturated rings. The Balaban J connectivity index is 1.92. The standard InChI is InChI=1S/C25H27ClO2/c1-5-15-6-7-17(16-8-10-18(26)11-9-16)14-19(15)21-22(27)20-12-13-25(4,23(21)28)24(20,2)3/h6-11,14,20,28H,5,12-13H2,1-4H3. The van der Waals surface area contributed by atoms with Crippen molar-refractivity contribution in [2.75, 3.05) is 0 Å². The summed E-state index contributed by atoms with van der Waals surface area (Å²) in [5.41, 5.74) is 4.00. The van der Waals surface area contributed by atoms with E-state index in [1.165, 1.54) is 0 Å². The van der Waals surface area contributed by atoms with E-state index in [4.69, 9.17) is 11.6 Å². The number of halogens is 1. The zero-order valence-electron chi connectivity index (χ0n) is 17.0. The number of ketones is 1. The van der Waals surface area contributed by atoms with E-state index in [2.05, 4.69) is 45.9 Å². The molecule has 2 nitrogen and oxygen atoms in total. The van der Waals surface area contributed by atoms with Crippen LogP contribution < -0.4 is 0 Å². The quantitative estimate of drug-likeness (QED) is 0.617. The number of benzene rings is 2. The van der Waals surface area contributed by atoms with Gasteiger partial charge in [-0.3, -0.25) is 4.79 Å². The Kier molecular flexibility index (Phi) is 4.46. The lowest BCUT2D eigenvalue weighted by Crippen LogP contribution is -2.43. The maximum atomic E-state index is 13.5. The van der Waals surface area contributed by atoms with Gasteiger partial charge in [0.05, 0.1) is 5.57 Å². The highest BCUT2D eigenvalue weighted by Gasteiger charge is 2.61. The second-order valence-electron chi connectivity index (χ2n) is 8.97.